The highest BCUT2D eigenvalue weighted by molar-refractivity contribution is 14.0. The van der Waals surface area contributed by atoms with Gasteiger partial charge in [0.05, 0.1) is 13.1 Å². The molecule has 5 nitrogen and oxygen atoms in total. The van der Waals surface area contributed by atoms with Crippen LogP contribution in [-0.2, 0) is 12.1 Å². The highest BCUT2D eigenvalue weighted by Crippen LogP contribution is 2.20. The van der Waals surface area contributed by atoms with Gasteiger partial charge in [-0.05, 0) is 37.1 Å². The Labute approximate surface area is 191 Å². The smallest absolute Gasteiger partial charge is 0.191 e. The minimum atomic E-state index is -0.972. The summed E-state index contributed by atoms with van der Waals surface area (Å²) in [7, 11) is 0. The van der Waals surface area contributed by atoms with E-state index >= 15 is 0 Å². The van der Waals surface area contributed by atoms with E-state index < -0.39 is 5.60 Å². The zero-order chi connectivity index (χ0) is 19.8. The highest BCUT2D eigenvalue weighted by atomic mass is 127. The SMILES string of the molecule is CCNC(=NCc1cccc(N2CC=CC2)c1)NCC(C)(O)c1ccccc1.I. The molecule has 1 aliphatic heterocycles. The van der Waals surface area contributed by atoms with Crippen molar-refractivity contribution in [1.29, 1.82) is 0 Å². The lowest BCUT2D eigenvalue weighted by Gasteiger charge is -2.25. The zero-order valence-electron chi connectivity index (χ0n) is 17.1. The lowest BCUT2D eigenvalue weighted by atomic mass is 9.96. The van der Waals surface area contributed by atoms with Gasteiger partial charge in [-0.25, -0.2) is 4.99 Å². The predicted octanol–water partition coefficient (Wildman–Crippen LogP) is 3.64. The van der Waals surface area contributed by atoms with Crippen molar-refractivity contribution in [3.8, 4) is 0 Å². The third kappa shape index (κ3) is 6.75. The number of hydrogen-bond acceptors (Lipinski definition) is 3. The molecular formula is C23H31IN4O. The molecule has 1 aliphatic rings. The molecule has 0 saturated carbocycles. The van der Waals surface area contributed by atoms with Crippen molar-refractivity contribution in [1.82, 2.24) is 10.6 Å². The lowest BCUT2D eigenvalue weighted by molar-refractivity contribution is 0.0617. The number of guanidine groups is 1. The van der Waals surface area contributed by atoms with E-state index in [1.807, 2.05) is 44.2 Å². The van der Waals surface area contributed by atoms with Crippen LogP contribution in [0.15, 0.2) is 71.7 Å². The molecule has 0 bridgehead atoms. The summed E-state index contributed by atoms with van der Waals surface area (Å²) in [6.45, 7) is 7.50. The summed E-state index contributed by atoms with van der Waals surface area (Å²) in [4.78, 5) is 7.02. The average Bonchev–Trinajstić information content (AvgIpc) is 3.26. The number of rotatable bonds is 7. The van der Waals surface area contributed by atoms with Crippen molar-refractivity contribution in [2.24, 2.45) is 4.99 Å². The number of aliphatic hydroxyl groups is 1. The van der Waals surface area contributed by atoms with Crippen molar-refractivity contribution < 1.29 is 5.11 Å². The van der Waals surface area contributed by atoms with Gasteiger partial charge in [0.15, 0.2) is 5.96 Å². The summed E-state index contributed by atoms with van der Waals surface area (Å²) in [5, 5.41) is 17.3. The Balaban J connectivity index is 0.00000300. The molecule has 0 saturated heterocycles. The second-order valence-electron chi connectivity index (χ2n) is 7.23. The first-order valence-electron chi connectivity index (χ1n) is 9.87. The van der Waals surface area contributed by atoms with Crippen LogP contribution in [0, 0.1) is 0 Å². The molecule has 2 aromatic carbocycles. The maximum absolute atomic E-state index is 10.8. The maximum atomic E-state index is 10.8. The first kappa shape index (κ1) is 23.2. The number of nitrogens with zero attached hydrogens (tertiary/aromatic N) is 2. The molecule has 1 heterocycles. The quantitative estimate of drug-likeness (QED) is 0.232. The average molecular weight is 506 g/mol. The minimum Gasteiger partial charge on any atom is -0.384 e. The van der Waals surface area contributed by atoms with Gasteiger partial charge in [-0.1, -0.05) is 54.6 Å². The van der Waals surface area contributed by atoms with Gasteiger partial charge >= 0.3 is 0 Å². The Bertz CT molecular complexity index is 813. The summed E-state index contributed by atoms with van der Waals surface area (Å²) in [5.74, 6) is 0.701. The van der Waals surface area contributed by atoms with Crippen LogP contribution in [0.4, 0.5) is 5.69 Å². The summed E-state index contributed by atoms with van der Waals surface area (Å²) in [5.41, 5.74) is 2.30. The van der Waals surface area contributed by atoms with E-state index in [0.29, 0.717) is 19.0 Å². The Morgan fingerprint density at radius 1 is 1.07 bits per heavy atom. The molecule has 0 fully saturated rings. The van der Waals surface area contributed by atoms with E-state index in [4.69, 9.17) is 4.99 Å². The molecule has 1 atom stereocenters. The molecule has 2 aromatic rings. The standard InChI is InChI=1S/C23H30N4O.HI/c1-3-24-22(26-18-23(2,28)20-11-5-4-6-12-20)25-17-19-10-9-13-21(16-19)27-14-7-8-15-27;/h4-13,16,28H,3,14-15,17-18H2,1-2H3,(H2,24,25,26);1H. The van der Waals surface area contributed by atoms with Gasteiger partial charge in [-0.3, -0.25) is 0 Å². The van der Waals surface area contributed by atoms with E-state index in [2.05, 4.69) is 52.0 Å². The molecule has 0 aromatic heterocycles. The Hall–Kier alpha value is -2.06. The third-order valence-electron chi connectivity index (χ3n) is 4.85. The molecule has 0 radical (unpaired) electrons. The van der Waals surface area contributed by atoms with Crippen molar-refractivity contribution >= 4 is 35.6 Å². The Morgan fingerprint density at radius 2 is 1.79 bits per heavy atom. The molecule has 156 valence electrons. The van der Waals surface area contributed by atoms with Crippen LogP contribution in [0.3, 0.4) is 0 Å². The fourth-order valence-corrected chi connectivity index (χ4v) is 3.21. The van der Waals surface area contributed by atoms with Crippen LogP contribution in [0.25, 0.3) is 0 Å². The van der Waals surface area contributed by atoms with Gasteiger partial charge in [0, 0.05) is 25.3 Å². The summed E-state index contributed by atoms with van der Waals surface area (Å²) < 4.78 is 0. The molecule has 0 aliphatic carbocycles. The molecule has 3 N–H and O–H groups in total. The molecule has 0 amide bonds. The van der Waals surface area contributed by atoms with Gasteiger partial charge in [0.1, 0.15) is 5.60 Å². The Morgan fingerprint density at radius 3 is 2.48 bits per heavy atom. The normalized spacial score (nSPS) is 15.6. The van der Waals surface area contributed by atoms with E-state index in [0.717, 1.165) is 30.8 Å². The summed E-state index contributed by atoms with van der Waals surface area (Å²) >= 11 is 0. The first-order chi connectivity index (χ1) is 13.6. The number of hydrogen-bond donors (Lipinski definition) is 3. The topological polar surface area (TPSA) is 59.9 Å². The zero-order valence-corrected chi connectivity index (χ0v) is 19.5. The van der Waals surface area contributed by atoms with E-state index in [-0.39, 0.29) is 24.0 Å². The van der Waals surface area contributed by atoms with Crippen LogP contribution in [0.2, 0.25) is 0 Å². The molecule has 29 heavy (non-hydrogen) atoms. The Kier molecular flexibility index (Phi) is 8.98. The second-order valence-corrected chi connectivity index (χ2v) is 7.23. The van der Waals surface area contributed by atoms with Gasteiger partial charge in [0.25, 0.3) is 0 Å². The van der Waals surface area contributed by atoms with Gasteiger partial charge in [-0.2, -0.15) is 0 Å². The molecule has 6 heteroatoms. The number of halogens is 1. The van der Waals surface area contributed by atoms with E-state index in [1.54, 1.807) is 0 Å². The predicted molar refractivity (Wildman–Crippen MR) is 132 cm³/mol. The summed E-state index contributed by atoms with van der Waals surface area (Å²) in [6, 6.07) is 18.2. The van der Waals surface area contributed by atoms with Gasteiger partial charge < -0.3 is 20.6 Å². The van der Waals surface area contributed by atoms with Crippen LogP contribution in [0.1, 0.15) is 25.0 Å². The van der Waals surface area contributed by atoms with Crippen molar-refractivity contribution in [2.75, 3.05) is 31.1 Å². The maximum Gasteiger partial charge on any atom is 0.191 e. The molecule has 1 unspecified atom stereocenters. The van der Waals surface area contributed by atoms with Crippen LogP contribution in [-0.4, -0.2) is 37.2 Å². The first-order valence-corrected chi connectivity index (χ1v) is 9.87. The molecular weight excluding hydrogens is 475 g/mol. The molecule has 0 spiro atoms. The van der Waals surface area contributed by atoms with Crippen LogP contribution < -0.4 is 15.5 Å². The van der Waals surface area contributed by atoms with Crippen molar-refractivity contribution in [3.05, 3.63) is 77.9 Å². The minimum absolute atomic E-state index is 0. The van der Waals surface area contributed by atoms with Crippen molar-refractivity contribution in [3.63, 3.8) is 0 Å². The van der Waals surface area contributed by atoms with Crippen LogP contribution >= 0.6 is 24.0 Å². The van der Waals surface area contributed by atoms with Crippen LogP contribution in [0.5, 0.6) is 0 Å². The van der Waals surface area contributed by atoms with E-state index in [9.17, 15) is 5.11 Å². The van der Waals surface area contributed by atoms with Gasteiger partial charge in [-0.15, -0.1) is 24.0 Å². The number of nitrogens with one attached hydrogen (secondary N) is 2. The number of benzene rings is 2. The molecule has 3 rings (SSSR count). The largest absolute Gasteiger partial charge is 0.384 e. The van der Waals surface area contributed by atoms with Gasteiger partial charge in [0.2, 0.25) is 0 Å². The highest BCUT2D eigenvalue weighted by Gasteiger charge is 2.22. The fourth-order valence-electron chi connectivity index (χ4n) is 3.21. The number of aliphatic imine (C=N–C) groups is 1. The van der Waals surface area contributed by atoms with E-state index in [1.165, 1.54) is 5.69 Å². The second kappa shape index (κ2) is 11.2. The van der Waals surface area contributed by atoms with Crippen molar-refractivity contribution in [2.45, 2.75) is 26.0 Å². The number of anilines is 1. The summed E-state index contributed by atoms with van der Waals surface area (Å²) in [6.07, 6.45) is 4.38. The fraction of sp³-hybridized carbons (Fsp3) is 0.348. The monoisotopic (exact) mass is 506 g/mol. The lowest BCUT2D eigenvalue weighted by Crippen LogP contribution is -2.44. The third-order valence-corrected chi connectivity index (χ3v) is 4.85.